The second-order valence-corrected chi connectivity index (χ2v) is 6.56. The maximum absolute atomic E-state index is 10.8. The first-order chi connectivity index (χ1) is 13.7. The highest BCUT2D eigenvalue weighted by atomic mass is 16.7. The first-order valence-electron chi connectivity index (χ1n) is 8.99. The van der Waals surface area contributed by atoms with E-state index in [1.165, 1.54) is 0 Å². The van der Waals surface area contributed by atoms with E-state index in [1.807, 2.05) is 60.7 Å². The Morgan fingerprint density at radius 1 is 1.04 bits per heavy atom. The number of aliphatic hydroxyl groups is 2. The summed E-state index contributed by atoms with van der Waals surface area (Å²) in [5, 5.41) is 24.2. The lowest BCUT2D eigenvalue weighted by molar-refractivity contribution is -0.332. The standard InChI is InChI=1S/C20H23N3O5/c21-23-22-17-13-28-20(25,14-24)19(27-12-16-9-5-2-6-10-16)18(17)26-11-15-7-3-1-4-8-15/h1-10,17-19,24-25H,11-14H2/t17-,18-,19-,20?/m1/s1. The second kappa shape index (κ2) is 9.66. The fourth-order valence-electron chi connectivity index (χ4n) is 3.12. The predicted molar refractivity (Wildman–Crippen MR) is 101 cm³/mol. The van der Waals surface area contributed by atoms with Crippen molar-refractivity contribution in [3.63, 3.8) is 0 Å². The average Bonchev–Trinajstić information content (AvgIpc) is 2.74. The van der Waals surface area contributed by atoms with Crippen molar-refractivity contribution in [2.45, 2.75) is 37.3 Å². The van der Waals surface area contributed by atoms with E-state index < -0.39 is 30.6 Å². The first-order valence-corrected chi connectivity index (χ1v) is 8.99. The molecular formula is C20H23N3O5. The molecule has 3 rings (SSSR count). The van der Waals surface area contributed by atoms with Crippen LogP contribution < -0.4 is 0 Å². The number of nitrogens with zero attached hydrogens (tertiary/aromatic N) is 3. The van der Waals surface area contributed by atoms with Gasteiger partial charge in [-0.3, -0.25) is 0 Å². The van der Waals surface area contributed by atoms with E-state index >= 15 is 0 Å². The van der Waals surface area contributed by atoms with Gasteiger partial charge in [0.2, 0.25) is 5.79 Å². The molecule has 8 nitrogen and oxygen atoms in total. The summed E-state index contributed by atoms with van der Waals surface area (Å²) in [6.45, 7) is -0.368. The smallest absolute Gasteiger partial charge is 0.218 e. The van der Waals surface area contributed by atoms with Gasteiger partial charge in [0.1, 0.15) is 12.2 Å². The largest absolute Gasteiger partial charge is 0.391 e. The minimum atomic E-state index is -1.96. The zero-order chi connectivity index (χ0) is 19.8. The Morgan fingerprint density at radius 2 is 1.61 bits per heavy atom. The molecule has 0 aliphatic carbocycles. The van der Waals surface area contributed by atoms with Crippen LogP contribution in [-0.4, -0.2) is 47.5 Å². The van der Waals surface area contributed by atoms with Crippen LogP contribution in [0.25, 0.3) is 10.4 Å². The summed E-state index contributed by atoms with van der Waals surface area (Å²) in [5.74, 6) is -1.96. The summed E-state index contributed by atoms with van der Waals surface area (Å²) in [5.41, 5.74) is 10.7. The molecule has 4 atom stereocenters. The number of azide groups is 1. The van der Waals surface area contributed by atoms with Gasteiger partial charge >= 0.3 is 0 Å². The van der Waals surface area contributed by atoms with E-state index in [0.29, 0.717) is 0 Å². The Kier molecular flexibility index (Phi) is 7.00. The van der Waals surface area contributed by atoms with Crippen LogP contribution >= 0.6 is 0 Å². The van der Waals surface area contributed by atoms with E-state index in [-0.39, 0.29) is 19.8 Å². The molecule has 1 fully saturated rings. The number of hydrogen-bond acceptors (Lipinski definition) is 6. The van der Waals surface area contributed by atoms with Crippen molar-refractivity contribution in [1.29, 1.82) is 0 Å². The summed E-state index contributed by atoms with van der Waals surface area (Å²) in [6.07, 6.45) is -1.85. The summed E-state index contributed by atoms with van der Waals surface area (Å²) in [4.78, 5) is 2.86. The topological polar surface area (TPSA) is 117 Å². The minimum Gasteiger partial charge on any atom is -0.391 e. The van der Waals surface area contributed by atoms with Gasteiger partial charge in [-0.2, -0.15) is 0 Å². The van der Waals surface area contributed by atoms with E-state index in [9.17, 15) is 10.2 Å². The van der Waals surface area contributed by atoms with E-state index in [0.717, 1.165) is 11.1 Å². The number of benzene rings is 2. The average molecular weight is 385 g/mol. The molecule has 2 aromatic rings. The van der Waals surface area contributed by atoms with Gasteiger partial charge in [0.15, 0.2) is 0 Å². The zero-order valence-corrected chi connectivity index (χ0v) is 15.3. The first kappa shape index (κ1) is 20.3. The van der Waals surface area contributed by atoms with Crippen LogP contribution in [0.5, 0.6) is 0 Å². The van der Waals surface area contributed by atoms with Gasteiger partial charge in [-0.1, -0.05) is 65.8 Å². The molecule has 0 saturated carbocycles. The lowest BCUT2D eigenvalue weighted by Gasteiger charge is -2.45. The molecule has 1 aliphatic heterocycles. The molecule has 2 aromatic carbocycles. The third-order valence-electron chi connectivity index (χ3n) is 4.61. The number of rotatable bonds is 8. The highest BCUT2D eigenvalue weighted by molar-refractivity contribution is 5.15. The second-order valence-electron chi connectivity index (χ2n) is 6.56. The van der Waals surface area contributed by atoms with E-state index in [1.54, 1.807) is 0 Å². The van der Waals surface area contributed by atoms with Crippen molar-refractivity contribution in [2.24, 2.45) is 5.11 Å². The molecule has 0 radical (unpaired) electrons. The molecule has 1 unspecified atom stereocenters. The molecule has 0 amide bonds. The lowest BCUT2D eigenvalue weighted by atomic mass is 9.95. The molecule has 1 saturated heterocycles. The van der Waals surface area contributed by atoms with Crippen LogP contribution in [-0.2, 0) is 27.4 Å². The number of aliphatic hydroxyl groups excluding tert-OH is 1. The molecule has 2 N–H and O–H groups in total. The maximum atomic E-state index is 10.8. The molecular weight excluding hydrogens is 362 g/mol. The van der Waals surface area contributed by atoms with E-state index in [2.05, 4.69) is 10.0 Å². The normalized spacial score (nSPS) is 27.1. The van der Waals surface area contributed by atoms with Gasteiger partial charge in [-0.05, 0) is 16.7 Å². The van der Waals surface area contributed by atoms with Crippen molar-refractivity contribution in [3.05, 3.63) is 82.2 Å². The van der Waals surface area contributed by atoms with Crippen molar-refractivity contribution in [1.82, 2.24) is 0 Å². The van der Waals surface area contributed by atoms with Crippen molar-refractivity contribution in [3.8, 4) is 0 Å². The highest BCUT2D eigenvalue weighted by Gasteiger charge is 2.51. The third-order valence-corrected chi connectivity index (χ3v) is 4.61. The molecule has 1 heterocycles. The maximum Gasteiger partial charge on any atom is 0.218 e. The monoisotopic (exact) mass is 385 g/mol. The Bertz CT molecular complexity index is 785. The van der Waals surface area contributed by atoms with Crippen LogP contribution in [0.2, 0.25) is 0 Å². The van der Waals surface area contributed by atoms with Crippen LogP contribution in [0, 0.1) is 0 Å². The van der Waals surface area contributed by atoms with Crippen LogP contribution in [0.15, 0.2) is 65.8 Å². The van der Waals surface area contributed by atoms with Gasteiger partial charge in [-0.25, -0.2) is 0 Å². The summed E-state index contributed by atoms with van der Waals surface area (Å²) >= 11 is 0. The van der Waals surface area contributed by atoms with Crippen molar-refractivity contribution < 1.29 is 24.4 Å². The Hall–Kier alpha value is -2.45. The third kappa shape index (κ3) is 4.88. The van der Waals surface area contributed by atoms with E-state index in [4.69, 9.17) is 19.7 Å². The van der Waals surface area contributed by atoms with Gasteiger partial charge in [0, 0.05) is 4.91 Å². The van der Waals surface area contributed by atoms with Gasteiger partial charge in [-0.15, -0.1) is 0 Å². The Balaban J connectivity index is 1.81. The molecule has 1 aliphatic rings. The molecule has 148 valence electrons. The quantitative estimate of drug-likeness (QED) is 0.411. The predicted octanol–water partition coefficient (Wildman–Crippen LogP) is 2.55. The van der Waals surface area contributed by atoms with Crippen molar-refractivity contribution >= 4 is 0 Å². The zero-order valence-electron chi connectivity index (χ0n) is 15.3. The molecule has 0 bridgehead atoms. The van der Waals surface area contributed by atoms with Crippen LogP contribution in [0.3, 0.4) is 0 Å². The number of ether oxygens (including phenoxy) is 3. The fraction of sp³-hybridized carbons (Fsp3) is 0.400. The SMILES string of the molecule is [N-]=[N+]=N[C@@H]1COC(O)(CO)[C@H](OCc2ccccc2)[C@@H]1OCc1ccccc1. The highest BCUT2D eigenvalue weighted by Crippen LogP contribution is 2.31. The molecule has 0 spiro atoms. The molecule has 28 heavy (non-hydrogen) atoms. The van der Waals surface area contributed by atoms with Gasteiger partial charge < -0.3 is 24.4 Å². The van der Waals surface area contributed by atoms with Crippen molar-refractivity contribution in [2.75, 3.05) is 13.2 Å². The van der Waals surface area contributed by atoms with Gasteiger partial charge in [0.05, 0.1) is 32.5 Å². The lowest BCUT2D eigenvalue weighted by Crippen LogP contribution is -2.63. The van der Waals surface area contributed by atoms with Gasteiger partial charge in [0.25, 0.3) is 0 Å². The molecule has 8 heteroatoms. The fourth-order valence-corrected chi connectivity index (χ4v) is 3.12. The summed E-state index contributed by atoms with van der Waals surface area (Å²) < 4.78 is 17.3. The Labute approximate surface area is 162 Å². The van der Waals surface area contributed by atoms with Crippen LogP contribution in [0.4, 0.5) is 0 Å². The van der Waals surface area contributed by atoms with Crippen LogP contribution in [0.1, 0.15) is 11.1 Å². The minimum absolute atomic E-state index is 0.0915. The summed E-state index contributed by atoms with van der Waals surface area (Å²) in [6, 6.07) is 18.2. The Morgan fingerprint density at radius 3 is 2.14 bits per heavy atom. The molecule has 0 aromatic heterocycles. The summed E-state index contributed by atoms with van der Waals surface area (Å²) in [7, 11) is 0. The number of hydrogen-bond donors (Lipinski definition) is 2.